The van der Waals surface area contributed by atoms with Crippen molar-refractivity contribution in [1.29, 1.82) is 0 Å². The van der Waals surface area contributed by atoms with Crippen molar-refractivity contribution in [3.63, 3.8) is 0 Å². The number of benzene rings is 1. The van der Waals surface area contributed by atoms with E-state index in [2.05, 4.69) is 15.9 Å². The zero-order valence-corrected chi connectivity index (χ0v) is 8.86. The lowest BCUT2D eigenvalue weighted by molar-refractivity contribution is 0.426. The van der Waals surface area contributed by atoms with Crippen molar-refractivity contribution in [3.8, 4) is 0 Å². The molecule has 1 aromatic carbocycles. The first-order valence-electron chi connectivity index (χ1n) is 3.03. The van der Waals surface area contributed by atoms with Gasteiger partial charge in [-0.25, -0.2) is 0 Å². The Morgan fingerprint density at radius 1 is 1.17 bits per heavy atom. The van der Waals surface area contributed by atoms with Crippen LogP contribution in [-0.4, -0.2) is 17.2 Å². The quantitative estimate of drug-likeness (QED) is 0.598. The number of hydrogen-bond donors (Lipinski definition) is 2. The van der Waals surface area contributed by atoms with E-state index in [0.29, 0.717) is 9.50 Å². The van der Waals surface area contributed by atoms with Gasteiger partial charge in [0.1, 0.15) is 0 Å². The summed E-state index contributed by atoms with van der Waals surface area (Å²) in [7, 11) is -1.59. The molecule has 0 radical (unpaired) electrons. The average Bonchev–Trinajstić information content (AvgIpc) is 1.96. The molecule has 0 bridgehead atoms. The Morgan fingerprint density at radius 2 is 1.75 bits per heavy atom. The first-order valence-corrected chi connectivity index (χ1v) is 4.58. The summed E-state index contributed by atoms with van der Waals surface area (Å²) in [6, 6.07) is 2.91. The fraction of sp³-hybridized carbons (Fsp3) is 0. The van der Waals surface area contributed by atoms with E-state index in [1.54, 1.807) is 0 Å². The van der Waals surface area contributed by atoms with Gasteiger partial charge in [0.2, 0.25) is 0 Å². The summed E-state index contributed by atoms with van der Waals surface area (Å²) < 4.78 is 0.624. The third-order valence-electron chi connectivity index (χ3n) is 1.32. The first kappa shape index (κ1) is 10.3. The Labute approximate surface area is 88.4 Å². The standard InChI is InChI=1S/C6H4BBrCl2O2/c8-4-2-5(9)3(7(11)12)1-6(4)10/h1-2,11-12H. The summed E-state index contributed by atoms with van der Waals surface area (Å²) in [5.74, 6) is 0. The highest BCUT2D eigenvalue weighted by Gasteiger charge is 2.16. The highest BCUT2D eigenvalue weighted by molar-refractivity contribution is 9.10. The van der Waals surface area contributed by atoms with Gasteiger partial charge in [0.05, 0.1) is 5.02 Å². The zero-order chi connectivity index (χ0) is 9.30. The van der Waals surface area contributed by atoms with Crippen LogP contribution in [0, 0.1) is 0 Å². The molecule has 12 heavy (non-hydrogen) atoms. The van der Waals surface area contributed by atoms with Crippen molar-refractivity contribution in [1.82, 2.24) is 0 Å². The largest absolute Gasteiger partial charge is 0.490 e. The normalized spacial score (nSPS) is 10.1. The Balaban J connectivity index is 3.23. The minimum atomic E-state index is -1.59. The number of rotatable bonds is 1. The van der Waals surface area contributed by atoms with Crippen LogP contribution in [0.25, 0.3) is 0 Å². The molecule has 6 heteroatoms. The van der Waals surface area contributed by atoms with Crippen molar-refractivity contribution in [2.75, 3.05) is 0 Å². The molecule has 64 valence electrons. The molecule has 0 aromatic heterocycles. The van der Waals surface area contributed by atoms with E-state index in [1.165, 1.54) is 12.1 Å². The minimum Gasteiger partial charge on any atom is -0.423 e. The van der Waals surface area contributed by atoms with E-state index in [0.717, 1.165) is 0 Å². The van der Waals surface area contributed by atoms with Crippen LogP contribution < -0.4 is 5.46 Å². The smallest absolute Gasteiger partial charge is 0.423 e. The fourth-order valence-corrected chi connectivity index (χ4v) is 1.64. The van der Waals surface area contributed by atoms with Crippen LogP contribution in [0.15, 0.2) is 16.6 Å². The van der Waals surface area contributed by atoms with E-state index in [1.807, 2.05) is 0 Å². The van der Waals surface area contributed by atoms with Crippen LogP contribution >= 0.6 is 39.1 Å². The van der Waals surface area contributed by atoms with Crippen LogP contribution in [-0.2, 0) is 0 Å². The van der Waals surface area contributed by atoms with Crippen LogP contribution in [0.5, 0.6) is 0 Å². The second-order valence-corrected chi connectivity index (χ2v) is 3.83. The number of hydrogen-bond acceptors (Lipinski definition) is 2. The van der Waals surface area contributed by atoms with Crippen LogP contribution in [0.4, 0.5) is 0 Å². The Bertz CT molecular complexity index is 306. The lowest BCUT2D eigenvalue weighted by atomic mass is 9.80. The molecule has 2 N–H and O–H groups in total. The molecule has 2 nitrogen and oxygen atoms in total. The van der Waals surface area contributed by atoms with Crippen LogP contribution in [0.1, 0.15) is 0 Å². The minimum absolute atomic E-state index is 0.199. The van der Waals surface area contributed by atoms with E-state index in [-0.39, 0.29) is 10.5 Å². The summed E-state index contributed by atoms with van der Waals surface area (Å²) in [5.41, 5.74) is 0.199. The second-order valence-electron chi connectivity index (χ2n) is 2.16. The monoisotopic (exact) mass is 268 g/mol. The van der Waals surface area contributed by atoms with E-state index < -0.39 is 7.12 Å². The SMILES string of the molecule is OB(O)c1cc(Cl)c(Br)cc1Cl. The number of halogens is 3. The summed E-state index contributed by atoms with van der Waals surface area (Å²) in [6.45, 7) is 0. The fourth-order valence-electron chi connectivity index (χ4n) is 0.736. The Hall–Kier alpha value is 0.265. The molecule has 0 heterocycles. The topological polar surface area (TPSA) is 40.5 Å². The third-order valence-corrected chi connectivity index (χ3v) is 2.84. The summed E-state index contributed by atoms with van der Waals surface area (Å²) in [6.07, 6.45) is 0. The Kier molecular flexibility index (Phi) is 3.43. The highest BCUT2D eigenvalue weighted by atomic mass is 79.9. The van der Waals surface area contributed by atoms with Gasteiger partial charge in [0.15, 0.2) is 0 Å². The van der Waals surface area contributed by atoms with E-state index in [9.17, 15) is 0 Å². The van der Waals surface area contributed by atoms with Crippen molar-refractivity contribution in [2.24, 2.45) is 0 Å². The molecule has 0 amide bonds. The summed E-state index contributed by atoms with van der Waals surface area (Å²) in [5, 5.41) is 18.3. The molecule has 0 saturated carbocycles. The predicted molar refractivity (Wildman–Crippen MR) is 54.0 cm³/mol. The average molecular weight is 270 g/mol. The molecule has 1 rings (SSSR count). The maximum atomic E-state index is 8.82. The molecular formula is C6H4BBrCl2O2. The first-order chi connectivity index (χ1) is 5.52. The molecular weight excluding hydrogens is 266 g/mol. The van der Waals surface area contributed by atoms with Crippen LogP contribution in [0.3, 0.4) is 0 Å². The molecule has 0 unspecified atom stereocenters. The molecule has 0 aliphatic carbocycles. The van der Waals surface area contributed by atoms with Gasteiger partial charge < -0.3 is 10.0 Å². The van der Waals surface area contributed by atoms with Gasteiger partial charge in [-0.2, -0.15) is 0 Å². The van der Waals surface area contributed by atoms with E-state index in [4.69, 9.17) is 33.2 Å². The van der Waals surface area contributed by atoms with Crippen LogP contribution in [0.2, 0.25) is 10.0 Å². The predicted octanol–water partition coefficient (Wildman–Crippen LogP) is 1.44. The maximum Gasteiger partial charge on any atom is 0.490 e. The van der Waals surface area contributed by atoms with Crippen molar-refractivity contribution in [3.05, 3.63) is 26.7 Å². The van der Waals surface area contributed by atoms with Crippen molar-refractivity contribution in [2.45, 2.75) is 0 Å². The summed E-state index contributed by atoms with van der Waals surface area (Å²) in [4.78, 5) is 0. The van der Waals surface area contributed by atoms with Gasteiger partial charge in [-0.1, -0.05) is 23.2 Å². The maximum absolute atomic E-state index is 8.82. The van der Waals surface area contributed by atoms with Gasteiger partial charge in [-0.05, 0) is 28.1 Å². The molecule has 0 aliphatic rings. The molecule has 0 fully saturated rings. The van der Waals surface area contributed by atoms with E-state index >= 15 is 0 Å². The molecule has 0 aliphatic heterocycles. The van der Waals surface area contributed by atoms with Gasteiger partial charge >= 0.3 is 7.12 Å². The van der Waals surface area contributed by atoms with Gasteiger partial charge in [0.25, 0.3) is 0 Å². The summed E-state index contributed by atoms with van der Waals surface area (Å²) >= 11 is 14.5. The molecule has 0 spiro atoms. The molecule has 0 saturated heterocycles. The second kappa shape index (κ2) is 3.98. The zero-order valence-electron chi connectivity index (χ0n) is 5.76. The third kappa shape index (κ3) is 2.15. The van der Waals surface area contributed by atoms with Gasteiger partial charge in [-0.3, -0.25) is 0 Å². The lowest BCUT2D eigenvalue weighted by Crippen LogP contribution is -2.30. The molecule has 0 atom stereocenters. The van der Waals surface area contributed by atoms with Crippen molar-refractivity contribution >= 4 is 51.7 Å². The molecule has 1 aromatic rings. The van der Waals surface area contributed by atoms with Gasteiger partial charge in [0, 0.05) is 15.0 Å². The lowest BCUT2D eigenvalue weighted by Gasteiger charge is -2.04. The van der Waals surface area contributed by atoms with Gasteiger partial charge in [-0.15, -0.1) is 0 Å². The Morgan fingerprint density at radius 3 is 2.25 bits per heavy atom. The highest BCUT2D eigenvalue weighted by Crippen LogP contribution is 2.24. The van der Waals surface area contributed by atoms with Crippen molar-refractivity contribution < 1.29 is 10.0 Å².